The van der Waals surface area contributed by atoms with E-state index in [1.165, 1.54) is 0 Å². The summed E-state index contributed by atoms with van der Waals surface area (Å²) in [6.07, 6.45) is 2.72. The minimum absolute atomic E-state index is 0.100. The smallest absolute Gasteiger partial charge is 0.308 e. The van der Waals surface area contributed by atoms with Crippen LogP contribution in [0.1, 0.15) is 24.8 Å². The molecule has 2 N–H and O–H groups in total. The predicted octanol–water partition coefficient (Wildman–Crippen LogP) is 1.84. The molecule has 0 radical (unpaired) electrons. The van der Waals surface area contributed by atoms with Crippen molar-refractivity contribution >= 4 is 5.97 Å². The summed E-state index contributed by atoms with van der Waals surface area (Å²) in [5.74, 6) is -0.0123. The molecule has 2 aliphatic heterocycles. The van der Waals surface area contributed by atoms with Crippen molar-refractivity contribution < 1.29 is 19.7 Å². The third kappa shape index (κ3) is 2.12. The van der Waals surface area contributed by atoms with E-state index in [9.17, 15) is 15.0 Å². The Balaban J connectivity index is 1.80. The lowest BCUT2D eigenvalue weighted by Gasteiger charge is -2.23. The Bertz CT molecular complexity index is 531. The molecule has 2 saturated heterocycles. The second-order valence-electron chi connectivity index (χ2n) is 5.65. The molecule has 3 unspecified atom stereocenters. The number of nitrogens with zero attached hydrogens (tertiary/aromatic N) is 1. The van der Waals surface area contributed by atoms with E-state index in [1.54, 1.807) is 19.2 Å². The van der Waals surface area contributed by atoms with Crippen LogP contribution < -0.4 is 4.74 Å². The second-order valence-corrected chi connectivity index (χ2v) is 5.65. The number of carbonyl (C=O) groups is 1. The van der Waals surface area contributed by atoms with Crippen LogP contribution in [0.15, 0.2) is 18.2 Å². The molecule has 0 saturated carbocycles. The zero-order valence-corrected chi connectivity index (χ0v) is 11.5. The molecule has 0 spiro atoms. The summed E-state index contributed by atoms with van der Waals surface area (Å²) in [6.45, 7) is 0.585. The lowest BCUT2D eigenvalue weighted by molar-refractivity contribution is -0.142. The summed E-state index contributed by atoms with van der Waals surface area (Å²) in [5.41, 5.74) is 0.798. The number of hydrogen-bond donors (Lipinski definition) is 2. The minimum Gasteiger partial charge on any atom is -0.508 e. The highest BCUT2D eigenvalue weighted by Gasteiger charge is 2.49. The molecule has 5 nitrogen and oxygen atoms in total. The Morgan fingerprint density at radius 3 is 2.90 bits per heavy atom. The number of benzene rings is 1. The lowest BCUT2D eigenvalue weighted by Crippen LogP contribution is -2.32. The fourth-order valence-electron chi connectivity index (χ4n) is 3.63. The molecule has 2 heterocycles. The first-order valence-corrected chi connectivity index (χ1v) is 6.94. The highest BCUT2D eigenvalue weighted by Crippen LogP contribution is 2.43. The van der Waals surface area contributed by atoms with Crippen molar-refractivity contribution in [3.05, 3.63) is 23.8 Å². The van der Waals surface area contributed by atoms with E-state index in [2.05, 4.69) is 4.90 Å². The van der Waals surface area contributed by atoms with Gasteiger partial charge in [0.25, 0.3) is 0 Å². The summed E-state index contributed by atoms with van der Waals surface area (Å²) in [6, 6.07) is 5.59. The van der Waals surface area contributed by atoms with Crippen LogP contribution in [0.5, 0.6) is 11.5 Å². The molecule has 3 rings (SSSR count). The van der Waals surface area contributed by atoms with E-state index in [0.717, 1.165) is 24.8 Å². The number of phenols is 1. The normalized spacial score (nSPS) is 28.8. The van der Waals surface area contributed by atoms with Crippen LogP contribution in [0, 0.1) is 5.92 Å². The topological polar surface area (TPSA) is 70.0 Å². The molecule has 0 aromatic heterocycles. The molecule has 0 aliphatic carbocycles. The molecule has 0 amide bonds. The highest BCUT2D eigenvalue weighted by molar-refractivity contribution is 5.71. The average Bonchev–Trinajstić information content (AvgIpc) is 2.98. The van der Waals surface area contributed by atoms with Gasteiger partial charge in [-0.1, -0.05) is 0 Å². The largest absolute Gasteiger partial charge is 0.508 e. The zero-order valence-electron chi connectivity index (χ0n) is 11.5. The number of hydrogen-bond acceptors (Lipinski definition) is 4. The van der Waals surface area contributed by atoms with Gasteiger partial charge in [0.2, 0.25) is 0 Å². The maximum atomic E-state index is 11.3. The predicted molar refractivity (Wildman–Crippen MR) is 72.8 cm³/mol. The fourth-order valence-corrected chi connectivity index (χ4v) is 3.63. The van der Waals surface area contributed by atoms with Crippen molar-refractivity contribution in [2.75, 3.05) is 7.11 Å². The van der Waals surface area contributed by atoms with Gasteiger partial charge in [-0.2, -0.15) is 0 Å². The van der Waals surface area contributed by atoms with Crippen molar-refractivity contribution in [1.29, 1.82) is 0 Å². The van der Waals surface area contributed by atoms with Crippen molar-refractivity contribution in [2.24, 2.45) is 5.92 Å². The molecule has 2 fully saturated rings. The van der Waals surface area contributed by atoms with E-state index in [4.69, 9.17) is 4.74 Å². The van der Waals surface area contributed by atoms with E-state index in [-0.39, 0.29) is 17.7 Å². The van der Waals surface area contributed by atoms with E-state index >= 15 is 0 Å². The average molecular weight is 277 g/mol. The first-order valence-electron chi connectivity index (χ1n) is 6.94. The van der Waals surface area contributed by atoms with Crippen LogP contribution in [0.3, 0.4) is 0 Å². The van der Waals surface area contributed by atoms with Crippen LogP contribution in [-0.2, 0) is 11.3 Å². The molecule has 1 aromatic rings. The maximum Gasteiger partial charge on any atom is 0.308 e. The minimum atomic E-state index is -0.697. The van der Waals surface area contributed by atoms with E-state index in [0.29, 0.717) is 18.3 Å². The van der Waals surface area contributed by atoms with Crippen LogP contribution in [-0.4, -0.2) is 40.3 Å². The van der Waals surface area contributed by atoms with Gasteiger partial charge in [-0.15, -0.1) is 0 Å². The number of carboxylic acid groups (broad SMARTS) is 1. The molecule has 5 heteroatoms. The Morgan fingerprint density at radius 1 is 1.45 bits per heavy atom. The second kappa shape index (κ2) is 4.98. The third-order valence-electron chi connectivity index (χ3n) is 4.64. The van der Waals surface area contributed by atoms with Gasteiger partial charge in [0, 0.05) is 24.2 Å². The van der Waals surface area contributed by atoms with Gasteiger partial charge < -0.3 is 14.9 Å². The summed E-state index contributed by atoms with van der Waals surface area (Å²) in [5, 5.41) is 19.2. The molecule has 20 heavy (non-hydrogen) atoms. The Kier molecular flexibility index (Phi) is 3.30. The molecule has 2 bridgehead atoms. The van der Waals surface area contributed by atoms with Crippen molar-refractivity contribution in [1.82, 2.24) is 4.90 Å². The summed E-state index contributed by atoms with van der Waals surface area (Å²) >= 11 is 0. The van der Waals surface area contributed by atoms with Crippen LogP contribution in [0.2, 0.25) is 0 Å². The van der Waals surface area contributed by atoms with Crippen LogP contribution in [0.4, 0.5) is 0 Å². The Labute approximate surface area is 117 Å². The standard InChI is InChI=1S/C15H19NO4/c1-20-11-3-5-14(17)9(6-11)8-16-10-2-4-13(16)12(7-10)15(18)19/h3,5-6,10,12-13,17H,2,4,7-8H2,1H3,(H,18,19). The van der Waals surface area contributed by atoms with Crippen LogP contribution in [0.25, 0.3) is 0 Å². The molecular formula is C15H19NO4. The molecule has 2 aliphatic rings. The lowest BCUT2D eigenvalue weighted by atomic mass is 9.89. The van der Waals surface area contributed by atoms with Crippen LogP contribution >= 0.6 is 0 Å². The van der Waals surface area contributed by atoms with Gasteiger partial charge in [0.05, 0.1) is 13.0 Å². The van der Waals surface area contributed by atoms with Gasteiger partial charge >= 0.3 is 5.97 Å². The molecule has 1 aromatic carbocycles. The Hall–Kier alpha value is -1.75. The first kappa shape index (κ1) is 13.2. The number of phenolic OH excluding ortho intramolecular Hbond substituents is 1. The molecule has 3 atom stereocenters. The van der Waals surface area contributed by atoms with Gasteiger partial charge in [-0.05, 0) is 37.5 Å². The third-order valence-corrected chi connectivity index (χ3v) is 4.64. The van der Waals surface area contributed by atoms with Crippen molar-refractivity contribution in [2.45, 2.75) is 37.9 Å². The van der Waals surface area contributed by atoms with Gasteiger partial charge in [0.15, 0.2) is 0 Å². The first-order chi connectivity index (χ1) is 9.60. The van der Waals surface area contributed by atoms with E-state index in [1.807, 2.05) is 6.07 Å². The number of carboxylic acids is 1. The fraction of sp³-hybridized carbons (Fsp3) is 0.533. The number of aromatic hydroxyl groups is 1. The monoisotopic (exact) mass is 277 g/mol. The van der Waals surface area contributed by atoms with Gasteiger partial charge in [-0.3, -0.25) is 9.69 Å². The molecular weight excluding hydrogens is 258 g/mol. The van der Waals surface area contributed by atoms with E-state index < -0.39 is 5.97 Å². The van der Waals surface area contributed by atoms with Gasteiger partial charge in [0.1, 0.15) is 11.5 Å². The summed E-state index contributed by atoms with van der Waals surface area (Å²) < 4.78 is 5.18. The SMILES string of the molecule is COc1ccc(O)c(CN2C3CCC2C(C(=O)O)C3)c1. The van der Waals surface area contributed by atoms with Gasteiger partial charge in [-0.25, -0.2) is 0 Å². The number of ether oxygens (including phenoxy) is 1. The zero-order chi connectivity index (χ0) is 14.3. The quantitative estimate of drug-likeness (QED) is 0.878. The molecule has 108 valence electrons. The van der Waals surface area contributed by atoms with Crippen molar-refractivity contribution in [3.63, 3.8) is 0 Å². The summed E-state index contributed by atoms with van der Waals surface area (Å²) in [7, 11) is 1.59. The Morgan fingerprint density at radius 2 is 2.25 bits per heavy atom. The number of aliphatic carboxylic acids is 1. The maximum absolute atomic E-state index is 11.3. The number of methoxy groups -OCH3 is 1. The number of fused-ring (bicyclic) bond motifs is 2. The number of rotatable bonds is 4. The highest BCUT2D eigenvalue weighted by atomic mass is 16.5. The summed E-state index contributed by atoms with van der Waals surface area (Å²) in [4.78, 5) is 13.5. The van der Waals surface area contributed by atoms with Crippen molar-refractivity contribution in [3.8, 4) is 11.5 Å².